The first-order chi connectivity index (χ1) is 11.7. The lowest BCUT2D eigenvalue weighted by Gasteiger charge is -2.03. The van der Waals surface area contributed by atoms with Crippen molar-refractivity contribution >= 4 is 5.91 Å². The average Bonchev–Trinajstić information content (AvgIpc) is 3.23. The summed E-state index contributed by atoms with van der Waals surface area (Å²) in [4.78, 5) is 25.4. The Labute approximate surface area is 136 Å². The van der Waals surface area contributed by atoms with E-state index in [0.717, 1.165) is 5.75 Å². The first-order valence-electron chi connectivity index (χ1n) is 7.34. The highest BCUT2D eigenvalue weighted by Gasteiger charge is 2.10. The fourth-order valence-corrected chi connectivity index (χ4v) is 2.04. The Morgan fingerprint density at radius 1 is 1.17 bits per heavy atom. The van der Waals surface area contributed by atoms with Gasteiger partial charge in [0, 0.05) is 13.0 Å². The van der Waals surface area contributed by atoms with E-state index >= 15 is 0 Å². The molecule has 9 heteroatoms. The lowest BCUT2D eigenvalue weighted by atomic mass is 10.3. The SMILES string of the molecule is O=C(NCCc1n[nH]c(=O)[nH]1)c1cc(COc2ccccc2)[nH]n1. The van der Waals surface area contributed by atoms with Crippen molar-refractivity contribution in [3.05, 3.63) is 64.1 Å². The number of benzene rings is 1. The van der Waals surface area contributed by atoms with Gasteiger partial charge in [-0.1, -0.05) is 18.2 Å². The predicted octanol–water partition coefficient (Wildman–Crippen LogP) is 0.373. The average molecular weight is 328 g/mol. The maximum Gasteiger partial charge on any atom is 0.340 e. The molecule has 3 aromatic rings. The third-order valence-electron chi connectivity index (χ3n) is 3.20. The molecule has 0 aliphatic heterocycles. The zero-order chi connectivity index (χ0) is 16.8. The molecule has 9 nitrogen and oxygen atoms in total. The van der Waals surface area contributed by atoms with Gasteiger partial charge in [-0.2, -0.15) is 10.2 Å². The molecule has 2 heterocycles. The standard InChI is InChI=1S/C15H16N6O3/c22-14(16-7-6-13-17-15(23)21-20-13)12-8-10(18-19-12)9-24-11-4-2-1-3-5-11/h1-5,8H,6-7,9H2,(H,16,22)(H,18,19)(H2,17,20,21,23). The molecule has 0 saturated carbocycles. The van der Waals surface area contributed by atoms with Crippen molar-refractivity contribution < 1.29 is 9.53 Å². The van der Waals surface area contributed by atoms with E-state index < -0.39 is 0 Å². The Morgan fingerprint density at radius 3 is 2.75 bits per heavy atom. The van der Waals surface area contributed by atoms with Crippen molar-refractivity contribution in [3.63, 3.8) is 0 Å². The molecule has 0 saturated heterocycles. The molecular formula is C15H16N6O3. The quantitative estimate of drug-likeness (QED) is 0.498. The van der Waals surface area contributed by atoms with E-state index in [2.05, 4.69) is 30.7 Å². The van der Waals surface area contributed by atoms with E-state index in [9.17, 15) is 9.59 Å². The van der Waals surface area contributed by atoms with Gasteiger partial charge < -0.3 is 10.1 Å². The second kappa shape index (κ2) is 7.27. The molecule has 4 N–H and O–H groups in total. The highest BCUT2D eigenvalue weighted by Crippen LogP contribution is 2.11. The van der Waals surface area contributed by atoms with Crippen LogP contribution >= 0.6 is 0 Å². The smallest absolute Gasteiger partial charge is 0.340 e. The van der Waals surface area contributed by atoms with Crippen molar-refractivity contribution in [1.82, 2.24) is 30.7 Å². The number of nitrogens with zero attached hydrogens (tertiary/aromatic N) is 2. The molecule has 1 amide bonds. The minimum absolute atomic E-state index is 0.275. The fraction of sp³-hybridized carbons (Fsp3) is 0.200. The van der Waals surface area contributed by atoms with Gasteiger partial charge in [-0.15, -0.1) is 0 Å². The van der Waals surface area contributed by atoms with Crippen molar-refractivity contribution in [2.45, 2.75) is 13.0 Å². The summed E-state index contributed by atoms with van der Waals surface area (Å²) < 4.78 is 5.58. The summed E-state index contributed by atoms with van der Waals surface area (Å²) in [6, 6.07) is 11.0. The molecule has 0 unspecified atom stereocenters. The maximum absolute atomic E-state index is 12.0. The molecule has 0 aliphatic carbocycles. The molecular weight excluding hydrogens is 312 g/mol. The lowest BCUT2D eigenvalue weighted by molar-refractivity contribution is 0.0949. The number of aromatic nitrogens is 5. The predicted molar refractivity (Wildman–Crippen MR) is 84.6 cm³/mol. The van der Waals surface area contributed by atoms with Crippen molar-refractivity contribution in [3.8, 4) is 5.75 Å². The Kier molecular flexibility index (Phi) is 4.70. The zero-order valence-electron chi connectivity index (χ0n) is 12.7. The summed E-state index contributed by atoms with van der Waals surface area (Å²) >= 11 is 0. The number of ether oxygens (including phenoxy) is 1. The molecule has 0 fully saturated rings. The van der Waals surface area contributed by atoms with Crippen molar-refractivity contribution in [1.29, 1.82) is 0 Å². The van der Waals surface area contributed by atoms with E-state index in [1.54, 1.807) is 6.07 Å². The van der Waals surface area contributed by atoms with Crippen LogP contribution in [0.2, 0.25) is 0 Å². The number of hydrogen-bond donors (Lipinski definition) is 4. The third kappa shape index (κ3) is 4.09. The zero-order valence-corrected chi connectivity index (χ0v) is 12.7. The number of carbonyl (C=O) groups is 1. The molecule has 0 bridgehead atoms. The van der Waals surface area contributed by atoms with Gasteiger partial charge in [0.25, 0.3) is 5.91 Å². The molecule has 24 heavy (non-hydrogen) atoms. The summed E-state index contributed by atoms with van der Waals surface area (Å²) in [6.45, 7) is 0.626. The van der Waals surface area contributed by atoms with E-state index in [4.69, 9.17) is 4.74 Å². The largest absolute Gasteiger partial charge is 0.487 e. The van der Waals surface area contributed by atoms with Gasteiger partial charge in [-0.25, -0.2) is 9.89 Å². The van der Waals surface area contributed by atoms with Crippen LogP contribution in [0.25, 0.3) is 0 Å². The van der Waals surface area contributed by atoms with Crippen LogP contribution in [-0.2, 0) is 13.0 Å². The molecule has 1 aromatic carbocycles. The molecule has 0 atom stereocenters. The van der Waals surface area contributed by atoms with E-state index in [1.165, 1.54) is 0 Å². The first-order valence-corrected chi connectivity index (χ1v) is 7.34. The van der Waals surface area contributed by atoms with E-state index in [0.29, 0.717) is 31.1 Å². The Morgan fingerprint density at radius 2 is 2.00 bits per heavy atom. The van der Waals surface area contributed by atoms with E-state index in [-0.39, 0.29) is 17.3 Å². The highest BCUT2D eigenvalue weighted by atomic mass is 16.5. The highest BCUT2D eigenvalue weighted by molar-refractivity contribution is 5.92. The Balaban J connectivity index is 1.47. The van der Waals surface area contributed by atoms with Gasteiger partial charge in [0.05, 0.1) is 5.69 Å². The Hall–Kier alpha value is -3.36. The number of H-pyrrole nitrogens is 3. The maximum atomic E-state index is 12.0. The molecule has 0 radical (unpaired) electrons. The van der Waals surface area contributed by atoms with Crippen LogP contribution in [0.5, 0.6) is 5.75 Å². The van der Waals surface area contributed by atoms with Gasteiger partial charge in [-0.3, -0.25) is 14.9 Å². The lowest BCUT2D eigenvalue weighted by Crippen LogP contribution is -2.26. The van der Waals surface area contributed by atoms with Crippen molar-refractivity contribution in [2.24, 2.45) is 0 Å². The van der Waals surface area contributed by atoms with Crippen LogP contribution in [0, 0.1) is 0 Å². The summed E-state index contributed by atoms with van der Waals surface area (Å²) in [5.41, 5.74) is 0.601. The van der Waals surface area contributed by atoms with Gasteiger partial charge in [-0.05, 0) is 18.2 Å². The number of hydrogen-bond acceptors (Lipinski definition) is 5. The second-order valence-electron chi connectivity index (χ2n) is 5.01. The molecule has 0 aliphatic rings. The van der Waals surface area contributed by atoms with Gasteiger partial charge in [0.1, 0.15) is 23.9 Å². The van der Waals surface area contributed by atoms with Gasteiger partial charge in [0.15, 0.2) is 0 Å². The topological polar surface area (TPSA) is 129 Å². The van der Waals surface area contributed by atoms with E-state index in [1.807, 2.05) is 30.3 Å². The fourth-order valence-electron chi connectivity index (χ4n) is 2.04. The minimum Gasteiger partial charge on any atom is -0.487 e. The molecule has 0 spiro atoms. The van der Waals surface area contributed by atoms with Gasteiger partial charge in [0.2, 0.25) is 0 Å². The summed E-state index contributed by atoms with van der Waals surface area (Å²) in [6.07, 6.45) is 0.416. The first kappa shape index (κ1) is 15.5. The van der Waals surface area contributed by atoms with Crippen LogP contribution in [0.15, 0.2) is 41.2 Å². The minimum atomic E-state index is -0.369. The van der Waals surface area contributed by atoms with Crippen molar-refractivity contribution in [2.75, 3.05) is 6.54 Å². The molecule has 3 rings (SSSR count). The normalized spacial score (nSPS) is 10.5. The number of para-hydroxylation sites is 1. The molecule has 2 aromatic heterocycles. The van der Waals surface area contributed by atoms with Crippen LogP contribution in [0.1, 0.15) is 22.0 Å². The molecule has 124 valence electrons. The summed E-state index contributed by atoms with van der Waals surface area (Å²) in [5.74, 6) is 0.917. The van der Waals surface area contributed by atoms with Gasteiger partial charge >= 0.3 is 5.69 Å². The summed E-state index contributed by atoms with van der Waals surface area (Å²) in [5, 5.41) is 15.5. The van der Waals surface area contributed by atoms with Crippen LogP contribution < -0.4 is 15.7 Å². The van der Waals surface area contributed by atoms with Crippen LogP contribution in [0.3, 0.4) is 0 Å². The number of rotatable bonds is 7. The van der Waals surface area contributed by atoms with Crippen LogP contribution in [-0.4, -0.2) is 37.8 Å². The van der Waals surface area contributed by atoms with Crippen LogP contribution in [0.4, 0.5) is 0 Å². The second-order valence-corrected chi connectivity index (χ2v) is 5.01. The number of amides is 1. The number of aromatic amines is 3. The summed E-state index contributed by atoms with van der Waals surface area (Å²) in [7, 11) is 0. The monoisotopic (exact) mass is 328 g/mol. The number of carbonyl (C=O) groups excluding carboxylic acids is 1. The number of nitrogens with one attached hydrogen (secondary N) is 4. The third-order valence-corrected chi connectivity index (χ3v) is 3.20. The Bertz CT molecular complexity index is 851.